The van der Waals surface area contributed by atoms with E-state index in [1.54, 1.807) is 6.07 Å². The molecule has 4 rings (SSSR count). The molecule has 1 fully saturated rings. The Hall–Kier alpha value is -4.45. The first kappa shape index (κ1) is 23.7. The quantitative estimate of drug-likeness (QED) is 0.132. The number of para-hydroxylation sites is 1. The van der Waals surface area contributed by atoms with Crippen molar-refractivity contribution in [1.82, 2.24) is 30.2 Å². The standard InChI is InChI=1S/C23H27FN10O/c1-13(14(2)32(3)15-9-10-15)27-19-11-16(22(35)28-23(29-25)33(4)26)17(24)12-21(19)34-20-8-6-5-7-18(20)30-31-34/h5-8,11-12,15,27H,1-2,9-10,25-26H2,3-4H3,(H,28,29,35). The number of nitrogens with two attached hydrogens (primary N) is 2. The van der Waals surface area contributed by atoms with Gasteiger partial charge in [-0.1, -0.05) is 30.5 Å². The van der Waals surface area contributed by atoms with E-state index in [0.29, 0.717) is 39.8 Å². The van der Waals surface area contributed by atoms with Gasteiger partial charge in [-0.15, -0.1) is 10.2 Å². The van der Waals surface area contributed by atoms with Crippen molar-refractivity contribution in [1.29, 1.82) is 0 Å². The summed E-state index contributed by atoms with van der Waals surface area (Å²) in [4.78, 5) is 14.9. The number of rotatable bonds is 7. The van der Waals surface area contributed by atoms with E-state index < -0.39 is 11.7 Å². The lowest BCUT2D eigenvalue weighted by molar-refractivity contribution is 0.0968. The number of halogens is 1. The number of benzene rings is 2. The Labute approximate surface area is 201 Å². The molecule has 182 valence electrons. The molecule has 6 N–H and O–H groups in total. The van der Waals surface area contributed by atoms with Crippen molar-refractivity contribution < 1.29 is 9.18 Å². The molecule has 1 aromatic heterocycles. The van der Waals surface area contributed by atoms with Crippen LogP contribution in [0.5, 0.6) is 0 Å². The molecule has 12 heteroatoms. The molecule has 0 radical (unpaired) electrons. The zero-order valence-corrected chi connectivity index (χ0v) is 19.5. The summed E-state index contributed by atoms with van der Waals surface area (Å²) in [7, 11) is 3.37. The first-order valence-corrected chi connectivity index (χ1v) is 10.8. The van der Waals surface area contributed by atoms with Crippen LogP contribution in [-0.4, -0.2) is 56.9 Å². The summed E-state index contributed by atoms with van der Waals surface area (Å²) in [5.74, 6) is 9.14. The molecular weight excluding hydrogens is 451 g/mol. The van der Waals surface area contributed by atoms with Crippen LogP contribution in [0, 0.1) is 5.82 Å². The van der Waals surface area contributed by atoms with Gasteiger partial charge >= 0.3 is 0 Å². The highest BCUT2D eigenvalue weighted by molar-refractivity contribution is 6.06. The van der Waals surface area contributed by atoms with Crippen LogP contribution in [0.15, 0.2) is 66.1 Å². The second-order valence-electron chi connectivity index (χ2n) is 8.25. The van der Waals surface area contributed by atoms with E-state index in [9.17, 15) is 4.79 Å². The number of likely N-dealkylation sites (N-methyl/N-ethyl adjacent to an activating group) is 1. The molecule has 0 unspecified atom stereocenters. The van der Waals surface area contributed by atoms with E-state index >= 15 is 4.39 Å². The van der Waals surface area contributed by atoms with E-state index in [1.807, 2.05) is 30.1 Å². The van der Waals surface area contributed by atoms with Crippen molar-refractivity contribution in [2.45, 2.75) is 18.9 Å². The van der Waals surface area contributed by atoms with Crippen LogP contribution in [0.2, 0.25) is 0 Å². The second kappa shape index (κ2) is 9.43. The van der Waals surface area contributed by atoms with Gasteiger partial charge in [-0.2, -0.15) is 0 Å². The Bertz CT molecular complexity index is 1340. The topological polar surface area (TPSA) is 143 Å². The molecule has 1 aliphatic carbocycles. The number of guanidine groups is 1. The fourth-order valence-electron chi connectivity index (χ4n) is 3.57. The molecule has 2 aromatic carbocycles. The van der Waals surface area contributed by atoms with Crippen LogP contribution in [0.1, 0.15) is 23.2 Å². The average Bonchev–Trinajstić information content (AvgIpc) is 3.61. The molecule has 0 bridgehead atoms. The number of amides is 1. The van der Waals surface area contributed by atoms with Crippen LogP contribution in [0.25, 0.3) is 16.7 Å². The van der Waals surface area contributed by atoms with Crippen LogP contribution >= 0.6 is 0 Å². The number of carbonyl (C=O) groups excluding carboxylic acids is 1. The van der Waals surface area contributed by atoms with Gasteiger partial charge in [0.05, 0.1) is 33.8 Å². The number of hydrogen-bond donors (Lipinski definition) is 4. The lowest BCUT2D eigenvalue weighted by Gasteiger charge is -2.24. The first-order valence-electron chi connectivity index (χ1n) is 10.8. The summed E-state index contributed by atoms with van der Waals surface area (Å²) in [6.07, 6.45) is 2.17. The van der Waals surface area contributed by atoms with Crippen molar-refractivity contribution in [3.63, 3.8) is 0 Å². The zero-order chi connectivity index (χ0) is 25.3. The lowest BCUT2D eigenvalue weighted by Crippen LogP contribution is -2.46. The molecule has 0 spiro atoms. The SMILES string of the molecule is C=C(Nc1cc(C(=O)N/C(=N/N)N(C)N)c(F)cc1-n1nnc2ccccc21)C(=C)N(C)C1CC1. The normalized spacial score (nSPS) is 13.4. The van der Waals surface area contributed by atoms with Gasteiger partial charge in [-0.05, 0) is 31.0 Å². The smallest absolute Gasteiger partial charge is 0.261 e. The molecule has 0 aliphatic heterocycles. The Morgan fingerprint density at radius 1 is 1.26 bits per heavy atom. The third kappa shape index (κ3) is 4.77. The van der Waals surface area contributed by atoms with E-state index in [4.69, 9.17) is 11.7 Å². The minimum absolute atomic E-state index is 0.140. The van der Waals surface area contributed by atoms with Gasteiger partial charge < -0.3 is 16.1 Å². The molecule has 3 aromatic rings. The molecule has 0 atom stereocenters. The molecular formula is C23H27FN10O. The molecule has 1 heterocycles. The number of hydrazine groups is 1. The van der Waals surface area contributed by atoms with Gasteiger partial charge in [0.2, 0.25) is 5.96 Å². The second-order valence-corrected chi connectivity index (χ2v) is 8.25. The van der Waals surface area contributed by atoms with Crippen LogP contribution in [-0.2, 0) is 0 Å². The highest BCUT2D eigenvalue weighted by Gasteiger charge is 2.28. The highest BCUT2D eigenvalue weighted by Crippen LogP contribution is 2.32. The highest BCUT2D eigenvalue weighted by atomic mass is 19.1. The van der Waals surface area contributed by atoms with Crippen LogP contribution in [0.3, 0.4) is 0 Å². The molecule has 1 aliphatic rings. The number of carbonyl (C=O) groups is 1. The third-order valence-corrected chi connectivity index (χ3v) is 5.75. The fraction of sp³-hybridized carbons (Fsp3) is 0.217. The molecule has 0 saturated heterocycles. The van der Waals surface area contributed by atoms with Crippen molar-refractivity contribution in [2.24, 2.45) is 16.8 Å². The van der Waals surface area contributed by atoms with Crippen LogP contribution in [0.4, 0.5) is 10.1 Å². The Kier molecular flexibility index (Phi) is 6.38. The molecule has 1 saturated carbocycles. The van der Waals surface area contributed by atoms with Gasteiger partial charge in [0.15, 0.2) is 0 Å². The summed E-state index contributed by atoms with van der Waals surface area (Å²) in [6.45, 7) is 8.22. The Morgan fingerprint density at radius 3 is 2.63 bits per heavy atom. The van der Waals surface area contributed by atoms with Crippen molar-refractivity contribution in [3.05, 3.63) is 72.3 Å². The summed E-state index contributed by atoms with van der Waals surface area (Å²) in [6, 6.07) is 10.2. The zero-order valence-electron chi connectivity index (χ0n) is 19.5. The number of aromatic nitrogens is 3. The van der Waals surface area contributed by atoms with E-state index in [2.05, 4.69) is 39.2 Å². The van der Waals surface area contributed by atoms with Gasteiger partial charge in [0.1, 0.15) is 11.3 Å². The van der Waals surface area contributed by atoms with Crippen molar-refractivity contribution >= 4 is 28.6 Å². The molecule has 11 nitrogen and oxygen atoms in total. The molecule has 1 amide bonds. The third-order valence-electron chi connectivity index (χ3n) is 5.75. The number of nitrogens with zero attached hydrogens (tertiary/aromatic N) is 6. The van der Waals surface area contributed by atoms with Gasteiger partial charge in [-0.3, -0.25) is 15.1 Å². The van der Waals surface area contributed by atoms with Crippen molar-refractivity contribution in [3.8, 4) is 5.69 Å². The van der Waals surface area contributed by atoms with Gasteiger partial charge in [-0.25, -0.2) is 14.9 Å². The summed E-state index contributed by atoms with van der Waals surface area (Å²) in [5, 5.41) is 18.3. The maximum atomic E-state index is 15.3. The number of anilines is 1. The van der Waals surface area contributed by atoms with Gasteiger partial charge in [0.25, 0.3) is 5.91 Å². The largest absolute Gasteiger partial charge is 0.370 e. The predicted octanol–water partition coefficient (Wildman–Crippen LogP) is 1.86. The number of fused-ring (bicyclic) bond motifs is 1. The monoisotopic (exact) mass is 478 g/mol. The van der Waals surface area contributed by atoms with Crippen molar-refractivity contribution in [2.75, 3.05) is 19.4 Å². The first-order chi connectivity index (χ1) is 16.7. The Balaban J connectivity index is 1.76. The fourth-order valence-corrected chi connectivity index (χ4v) is 3.57. The van der Waals surface area contributed by atoms with E-state index in [1.165, 1.54) is 23.9 Å². The summed E-state index contributed by atoms with van der Waals surface area (Å²) in [5.41, 5.74) is 2.90. The molecule has 35 heavy (non-hydrogen) atoms. The number of nitrogens with one attached hydrogen (secondary N) is 2. The number of hydrogen-bond acceptors (Lipinski definition) is 8. The van der Waals surface area contributed by atoms with Crippen LogP contribution < -0.4 is 22.3 Å². The van der Waals surface area contributed by atoms with E-state index in [-0.39, 0.29) is 11.5 Å². The summed E-state index contributed by atoms with van der Waals surface area (Å²) >= 11 is 0. The maximum Gasteiger partial charge on any atom is 0.261 e. The van der Waals surface area contributed by atoms with Gasteiger partial charge in [0, 0.05) is 26.2 Å². The average molecular weight is 479 g/mol. The van der Waals surface area contributed by atoms with E-state index in [0.717, 1.165) is 17.9 Å². The summed E-state index contributed by atoms with van der Waals surface area (Å²) < 4.78 is 16.7. The lowest BCUT2D eigenvalue weighted by atomic mass is 10.1. The Morgan fingerprint density at radius 2 is 1.97 bits per heavy atom. The minimum atomic E-state index is -0.793. The maximum absolute atomic E-state index is 15.3. The number of hydrazone groups is 1. The minimum Gasteiger partial charge on any atom is -0.370 e. The predicted molar refractivity (Wildman–Crippen MR) is 133 cm³/mol.